The van der Waals surface area contributed by atoms with E-state index in [4.69, 9.17) is 0 Å². The molecule has 5 rings (SSSR count). The van der Waals surface area contributed by atoms with E-state index in [1.165, 1.54) is 41.1 Å². The minimum atomic E-state index is 1.38. The summed E-state index contributed by atoms with van der Waals surface area (Å²) in [5.74, 6) is 0. The summed E-state index contributed by atoms with van der Waals surface area (Å²) in [7, 11) is 0. The van der Waals surface area contributed by atoms with Crippen LogP contribution in [0.15, 0.2) is 35.0 Å². The molecule has 0 unspecified atom stereocenters. The van der Waals surface area contributed by atoms with Gasteiger partial charge in [0, 0.05) is 19.5 Å². The Bertz CT molecular complexity index is 1020. The summed E-state index contributed by atoms with van der Waals surface area (Å²) in [5, 5.41) is 9.93. The maximum atomic E-state index is 2.36. The molecule has 1 aromatic carbocycles. The van der Waals surface area contributed by atoms with Crippen molar-refractivity contribution in [2.24, 2.45) is 0 Å². The number of hydrogen-bond acceptors (Lipinski definition) is 2. The minimum absolute atomic E-state index is 1.38. The second-order valence-electron chi connectivity index (χ2n) is 4.73. The van der Waals surface area contributed by atoms with Crippen LogP contribution in [0.5, 0.6) is 0 Å². The third-order valence-corrected chi connectivity index (χ3v) is 5.65. The Labute approximate surface area is 111 Å². The van der Waals surface area contributed by atoms with Gasteiger partial charge in [0.25, 0.3) is 0 Å². The van der Waals surface area contributed by atoms with E-state index in [9.17, 15) is 0 Å². The SMILES string of the molecule is C1=c2ccsc2=c2cc3c(cc21)=c1sccc1=C3. The van der Waals surface area contributed by atoms with Crippen molar-refractivity contribution in [3.05, 3.63) is 76.1 Å². The Kier molecular flexibility index (Phi) is 1.56. The summed E-state index contributed by atoms with van der Waals surface area (Å²) >= 11 is 3.69. The maximum absolute atomic E-state index is 2.36. The van der Waals surface area contributed by atoms with E-state index < -0.39 is 0 Å². The zero-order chi connectivity index (χ0) is 11.7. The van der Waals surface area contributed by atoms with Crippen molar-refractivity contribution in [3.8, 4) is 0 Å². The lowest BCUT2D eigenvalue weighted by Crippen LogP contribution is -1.90. The van der Waals surface area contributed by atoms with E-state index >= 15 is 0 Å². The predicted molar refractivity (Wildman–Crippen MR) is 76.8 cm³/mol. The third kappa shape index (κ3) is 1.01. The van der Waals surface area contributed by atoms with Gasteiger partial charge in [-0.05, 0) is 68.7 Å². The molecule has 0 radical (unpaired) electrons. The van der Waals surface area contributed by atoms with Crippen molar-refractivity contribution in [2.45, 2.75) is 0 Å². The van der Waals surface area contributed by atoms with Crippen LogP contribution >= 0.6 is 22.7 Å². The van der Waals surface area contributed by atoms with Gasteiger partial charge in [0.2, 0.25) is 0 Å². The molecular formula is C16H8S2. The lowest BCUT2D eigenvalue weighted by Gasteiger charge is -1.95. The summed E-state index contributed by atoms with van der Waals surface area (Å²) in [6, 6.07) is 9.14. The highest BCUT2D eigenvalue weighted by Crippen LogP contribution is 2.20. The molecule has 18 heavy (non-hydrogen) atoms. The number of thiophene rings is 2. The quantitative estimate of drug-likeness (QED) is 0.403. The monoisotopic (exact) mass is 264 g/mol. The van der Waals surface area contributed by atoms with Gasteiger partial charge in [-0.3, -0.25) is 0 Å². The van der Waals surface area contributed by atoms with Gasteiger partial charge in [0.1, 0.15) is 0 Å². The van der Waals surface area contributed by atoms with Crippen molar-refractivity contribution < 1.29 is 0 Å². The first-order valence-corrected chi connectivity index (χ1v) is 7.69. The van der Waals surface area contributed by atoms with Crippen molar-refractivity contribution in [3.63, 3.8) is 0 Å². The molecule has 2 heteroatoms. The molecule has 0 saturated carbocycles. The molecule has 2 heterocycles. The molecule has 84 valence electrons. The first-order chi connectivity index (χ1) is 8.90. The molecule has 0 amide bonds. The molecule has 0 aliphatic heterocycles. The fraction of sp³-hybridized carbons (Fsp3) is 0. The smallest absolute Gasteiger partial charge is 0.0421 e. The number of rotatable bonds is 0. The number of benzene rings is 1. The fourth-order valence-corrected chi connectivity index (χ4v) is 4.74. The second kappa shape index (κ2) is 3.02. The topological polar surface area (TPSA) is 0 Å². The Balaban J connectivity index is 2.12. The summed E-state index contributed by atoms with van der Waals surface area (Å²) in [5.41, 5.74) is 2.76. The number of fused-ring (bicyclic) bond motifs is 4. The fourth-order valence-electron chi connectivity index (χ4n) is 2.90. The molecule has 2 aromatic heterocycles. The van der Waals surface area contributed by atoms with Crippen LogP contribution in [0, 0.1) is 19.5 Å². The molecule has 0 atom stereocenters. The normalized spacial score (nSPS) is 13.3. The molecular weight excluding hydrogens is 256 g/mol. The summed E-state index contributed by atoms with van der Waals surface area (Å²) in [6.07, 6.45) is 4.63. The van der Waals surface area contributed by atoms with E-state index in [1.54, 1.807) is 0 Å². The van der Waals surface area contributed by atoms with Crippen LogP contribution in [0.4, 0.5) is 0 Å². The highest BCUT2D eigenvalue weighted by molar-refractivity contribution is 7.08. The van der Waals surface area contributed by atoms with Crippen molar-refractivity contribution in [1.29, 1.82) is 0 Å². The van der Waals surface area contributed by atoms with E-state index in [0.717, 1.165) is 0 Å². The van der Waals surface area contributed by atoms with Gasteiger partial charge in [-0.1, -0.05) is 0 Å². The van der Waals surface area contributed by atoms with Gasteiger partial charge < -0.3 is 0 Å². The van der Waals surface area contributed by atoms with Gasteiger partial charge >= 0.3 is 0 Å². The van der Waals surface area contributed by atoms with Gasteiger partial charge in [0.05, 0.1) is 0 Å². The van der Waals surface area contributed by atoms with Crippen LogP contribution in [0.25, 0.3) is 12.2 Å². The molecule has 0 spiro atoms. The predicted octanol–water partition coefficient (Wildman–Crippen LogP) is 2.67. The molecule has 0 saturated heterocycles. The van der Waals surface area contributed by atoms with Crippen LogP contribution in [0.2, 0.25) is 0 Å². The Morgan fingerprint density at radius 3 is 1.67 bits per heavy atom. The molecule has 0 fully saturated rings. The highest BCUT2D eigenvalue weighted by atomic mass is 32.1. The van der Waals surface area contributed by atoms with Crippen LogP contribution in [-0.2, 0) is 0 Å². The average molecular weight is 264 g/mol. The molecule has 0 bridgehead atoms. The van der Waals surface area contributed by atoms with E-state index in [0.29, 0.717) is 0 Å². The standard InChI is InChI=1S/C16H8S2/c1-3-17-15-9(1)5-11-7-14-12(8-13(11)15)6-10-2-4-18-16(10)14/h1-8H. The van der Waals surface area contributed by atoms with Crippen molar-refractivity contribution in [2.75, 3.05) is 0 Å². The average Bonchev–Trinajstić information content (AvgIpc) is 3.04. The van der Waals surface area contributed by atoms with Crippen LogP contribution in [0.1, 0.15) is 11.1 Å². The first-order valence-electron chi connectivity index (χ1n) is 5.93. The van der Waals surface area contributed by atoms with Crippen molar-refractivity contribution >= 4 is 34.8 Å². The van der Waals surface area contributed by atoms with Gasteiger partial charge in [-0.25, -0.2) is 0 Å². The Hall–Kier alpha value is -1.64. The zero-order valence-electron chi connectivity index (χ0n) is 9.44. The molecule has 2 aliphatic rings. The van der Waals surface area contributed by atoms with Gasteiger partial charge in [0.15, 0.2) is 0 Å². The van der Waals surface area contributed by atoms with Crippen LogP contribution < -0.4 is 10.4 Å². The first kappa shape index (κ1) is 9.31. The van der Waals surface area contributed by atoms with Crippen LogP contribution in [0.3, 0.4) is 0 Å². The Morgan fingerprint density at radius 2 is 1.17 bits per heavy atom. The Morgan fingerprint density at radius 1 is 0.667 bits per heavy atom. The van der Waals surface area contributed by atoms with E-state index in [-0.39, 0.29) is 0 Å². The zero-order valence-corrected chi connectivity index (χ0v) is 11.1. The lowest BCUT2D eigenvalue weighted by molar-refractivity contribution is 1.49. The highest BCUT2D eigenvalue weighted by Gasteiger charge is 2.09. The molecule has 0 nitrogen and oxygen atoms in total. The lowest BCUT2D eigenvalue weighted by atomic mass is 10.1. The third-order valence-electron chi connectivity index (χ3n) is 3.72. The van der Waals surface area contributed by atoms with Crippen molar-refractivity contribution in [1.82, 2.24) is 0 Å². The molecule has 2 aliphatic carbocycles. The summed E-state index contributed by atoms with van der Waals surface area (Å²) in [6.45, 7) is 0. The summed E-state index contributed by atoms with van der Waals surface area (Å²) < 4.78 is 2.85. The second-order valence-corrected chi connectivity index (χ2v) is 6.56. The largest absolute Gasteiger partial charge is 0.143 e. The van der Waals surface area contributed by atoms with E-state index in [2.05, 4.69) is 47.2 Å². The molecule has 0 N–H and O–H groups in total. The maximum Gasteiger partial charge on any atom is 0.0421 e. The summed E-state index contributed by atoms with van der Waals surface area (Å²) in [4.78, 5) is 0. The van der Waals surface area contributed by atoms with E-state index in [1.807, 2.05) is 22.7 Å². The number of hydrogen-bond donors (Lipinski definition) is 0. The van der Waals surface area contributed by atoms with Gasteiger partial charge in [-0.15, -0.1) is 22.7 Å². The molecule has 3 aromatic rings. The minimum Gasteiger partial charge on any atom is -0.143 e. The van der Waals surface area contributed by atoms with Gasteiger partial charge in [-0.2, -0.15) is 0 Å². The van der Waals surface area contributed by atoms with Crippen LogP contribution in [-0.4, -0.2) is 0 Å².